The van der Waals surface area contributed by atoms with Gasteiger partial charge in [-0.15, -0.1) is 0 Å². The van der Waals surface area contributed by atoms with Crippen molar-refractivity contribution in [3.05, 3.63) is 59.3 Å². The van der Waals surface area contributed by atoms with Crippen LogP contribution in [0.2, 0.25) is 0 Å². The first-order valence-corrected chi connectivity index (χ1v) is 7.21. The number of aromatic nitrogens is 1. The van der Waals surface area contributed by atoms with E-state index >= 15 is 0 Å². The number of alkyl halides is 3. The van der Waals surface area contributed by atoms with Crippen molar-refractivity contribution in [1.82, 2.24) is 4.98 Å². The number of benzene rings is 1. The molecule has 2 N–H and O–H groups in total. The minimum atomic E-state index is -4.80. The highest BCUT2D eigenvalue weighted by Crippen LogP contribution is 2.35. The zero-order valence-corrected chi connectivity index (χ0v) is 13.3. The Morgan fingerprint density at radius 3 is 2.46 bits per heavy atom. The number of carbonyl (C=O) groups excluding carboxylic acids is 2. The smallest absolute Gasteiger partial charge is 0.430 e. The van der Waals surface area contributed by atoms with Gasteiger partial charge in [-0.1, -0.05) is 30.3 Å². The second-order valence-corrected chi connectivity index (χ2v) is 4.99. The zero-order chi connectivity index (χ0) is 19.2. The molecule has 26 heavy (non-hydrogen) atoms. The molecule has 10 heteroatoms. The lowest BCUT2D eigenvalue weighted by Gasteiger charge is -2.20. The van der Waals surface area contributed by atoms with Gasteiger partial charge in [0.25, 0.3) is 6.47 Å². The summed E-state index contributed by atoms with van der Waals surface area (Å²) in [6, 6.07) is 10.2. The fraction of sp³-hybridized carbons (Fsp3) is 0.188. The number of anilines is 1. The number of carbonyl (C=O) groups is 2. The molecule has 0 atom stereocenters. The summed E-state index contributed by atoms with van der Waals surface area (Å²) in [6.07, 6.45) is -6.02. The van der Waals surface area contributed by atoms with Crippen LogP contribution in [0.25, 0.3) is 0 Å². The molecule has 1 aromatic heterocycles. The molecular weight excluding hydrogens is 355 g/mol. The summed E-state index contributed by atoms with van der Waals surface area (Å²) < 4.78 is 48.8. The molecule has 2 aromatic rings. The molecule has 0 spiro atoms. The zero-order valence-electron chi connectivity index (χ0n) is 13.3. The number of nitrogens with zero attached hydrogens (tertiary/aromatic N) is 2. The van der Waals surface area contributed by atoms with Gasteiger partial charge in [-0.2, -0.15) is 18.2 Å². The van der Waals surface area contributed by atoms with Gasteiger partial charge in [-0.05, 0) is 17.7 Å². The van der Waals surface area contributed by atoms with Crippen LogP contribution in [-0.4, -0.2) is 17.5 Å². The van der Waals surface area contributed by atoms with Crippen molar-refractivity contribution in [3.63, 3.8) is 0 Å². The molecule has 1 aromatic carbocycles. The fourth-order valence-corrected chi connectivity index (χ4v) is 1.97. The number of ether oxygens (including phenoxy) is 2. The number of halogens is 3. The molecule has 2 rings (SSSR count). The Balaban J connectivity index is 2.22. The first-order valence-electron chi connectivity index (χ1n) is 7.21. The molecular formula is C16H14F3N3O4. The number of hydrazine groups is 1. The molecule has 0 saturated heterocycles. The van der Waals surface area contributed by atoms with Crippen molar-refractivity contribution >= 4 is 18.4 Å². The molecule has 0 unspecified atom stereocenters. The maximum atomic E-state index is 13.1. The molecule has 0 fully saturated rings. The van der Waals surface area contributed by atoms with Gasteiger partial charge >= 0.3 is 12.3 Å². The maximum absolute atomic E-state index is 13.1. The Hall–Kier alpha value is -3.14. The van der Waals surface area contributed by atoms with Crippen LogP contribution in [0, 0.1) is 0 Å². The number of pyridine rings is 1. The summed E-state index contributed by atoms with van der Waals surface area (Å²) in [6.45, 7) is -0.433. The third-order valence-electron chi connectivity index (χ3n) is 3.17. The van der Waals surface area contributed by atoms with Gasteiger partial charge in [0.05, 0.1) is 11.3 Å². The number of nitrogens with two attached hydrogens (primary N) is 1. The summed E-state index contributed by atoms with van der Waals surface area (Å²) in [4.78, 5) is 25.9. The van der Waals surface area contributed by atoms with Gasteiger partial charge in [0.15, 0.2) is 5.82 Å². The fourth-order valence-electron chi connectivity index (χ4n) is 1.97. The molecule has 0 radical (unpaired) electrons. The van der Waals surface area contributed by atoms with E-state index in [4.69, 9.17) is 10.6 Å². The summed E-state index contributed by atoms with van der Waals surface area (Å²) in [5.74, 6) is 4.62. The Morgan fingerprint density at radius 1 is 1.15 bits per heavy atom. The molecule has 1 heterocycles. The van der Waals surface area contributed by atoms with E-state index in [-0.39, 0.29) is 30.4 Å². The van der Waals surface area contributed by atoms with Crippen LogP contribution >= 0.6 is 0 Å². The first-order chi connectivity index (χ1) is 12.3. The van der Waals surface area contributed by atoms with Gasteiger partial charge in [0.2, 0.25) is 0 Å². The topological polar surface area (TPSA) is 94.8 Å². The lowest BCUT2D eigenvalue weighted by Crippen LogP contribution is -2.40. The Bertz CT molecular complexity index is 769. The minimum absolute atomic E-state index is 0.0218. The van der Waals surface area contributed by atoms with Crippen molar-refractivity contribution in [2.75, 3.05) is 5.01 Å². The van der Waals surface area contributed by atoms with E-state index in [9.17, 15) is 22.8 Å². The third-order valence-corrected chi connectivity index (χ3v) is 3.17. The molecule has 0 aliphatic rings. The quantitative estimate of drug-likeness (QED) is 0.364. The Morgan fingerprint density at radius 2 is 1.85 bits per heavy atom. The summed E-state index contributed by atoms with van der Waals surface area (Å²) in [5.41, 5.74) is -0.621. The maximum Gasteiger partial charge on any atom is 0.430 e. The first kappa shape index (κ1) is 19.2. The standard InChI is InChI=1S/C16H14F3N3O4/c17-16(18,19)13-7-6-12(9-25-10-23)21-14(13)22(20)15(24)26-8-11-4-2-1-3-5-11/h1-7,10H,8-9,20H2. The van der Waals surface area contributed by atoms with E-state index in [2.05, 4.69) is 9.72 Å². The SMILES string of the molecule is NN(C(=O)OCc1ccccc1)c1nc(COC=O)ccc1C(F)(F)F. The van der Waals surface area contributed by atoms with Crippen LogP contribution in [-0.2, 0) is 33.7 Å². The van der Waals surface area contributed by atoms with Crippen LogP contribution in [0.5, 0.6) is 0 Å². The molecule has 0 saturated carbocycles. The number of hydrogen-bond acceptors (Lipinski definition) is 6. The summed E-state index contributed by atoms with van der Waals surface area (Å²) >= 11 is 0. The van der Waals surface area contributed by atoms with E-state index in [1.165, 1.54) is 0 Å². The highest BCUT2D eigenvalue weighted by atomic mass is 19.4. The van der Waals surface area contributed by atoms with E-state index in [0.717, 1.165) is 6.07 Å². The van der Waals surface area contributed by atoms with Crippen LogP contribution in [0.15, 0.2) is 42.5 Å². The van der Waals surface area contributed by atoms with E-state index < -0.39 is 23.7 Å². The van der Waals surface area contributed by atoms with Crippen LogP contribution < -0.4 is 10.9 Å². The van der Waals surface area contributed by atoms with Crippen molar-refractivity contribution in [2.45, 2.75) is 19.4 Å². The predicted molar refractivity (Wildman–Crippen MR) is 83.4 cm³/mol. The Labute approximate surface area is 146 Å². The lowest BCUT2D eigenvalue weighted by molar-refractivity contribution is -0.137. The third kappa shape index (κ3) is 4.93. The van der Waals surface area contributed by atoms with Crippen molar-refractivity contribution in [3.8, 4) is 0 Å². The van der Waals surface area contributed by atoms with E-state index in [0.29, 0.717) is 11.6 Å². The molecule has 1 amide bonds. The lowest BCUT2D eigenvalue weighted by atomic mass is 10.2. The van der Waals surface area contributed by atoms with Crippen LogP contribution in [0.4, 0.5) is 23.8 Å². The monoisotopic (exact) mass is 369 g/mol. The highest BCUT2D eigenvalue weighted by Gasteiger charge is 2.37. The van der Waals surface area contributed by atoms with Gasteiger partial charge in [-0.25, -0.2) is 15.6 Å². The van der Waals surface area contributed by atoms with Gasteiger partial charge < -0.3 is 9.47 Å². The molecule has 7 nitrogen and oxygen atoms in total. The number of rotatable bonds is 6. The van der Waals surface area contributed by atoms with Crippen LogP contribution in [0.3, 0.4) is 0 Å². The average molecular weight is 369 g/mol. The predicted octanol–water partition coefficient (Wildman–Crippen LogP) is 2.79. The second-order valence-electron chi connectivity index (χ2n) is 4.99. The Kier molecular flexibility index (Phi) is 6.12. The molecule has 0 bridgehead atoms. The minimum Gasteiger partial charge on any atom is -0.461 e. The van der Waals surface area contributed by atoms with Gasteiger partial charge in [0.1, 0.15) is 13.2 Å². The normalized spacial score (nSPS) is 10.9. The van der Waals surface area contributed by atoms with E-state index in [1.54, 1.807) is 30.3 Å². The van der Waals surface area contributed by atoms with Crippen LogP contribution in [0.1, 0.15) is 16.8 Å². The van der Waals surface area contributed by atoms with Gasteiger partial charge in [-0.3, -0.25) is 4.79 Å². The molecule has 0 aliphatic heterocycles. The second kappa shape index (κ2) is 8.30. The molecule has 0 aliphatic carbocycles. The number of hydrogen-bond donors (Lipinski definition) is 1. The largest absolute Gasteiger partial charge is 0.461 e. The average Bonchev–Trinajstić information content (AvgIpc) is 2.63. The molecule has 138 valence electrons. The van der Waals surface area contributed by atoms with Crippen molar-refractivity contribution in [2.24, 2.45) is 5.84 Å². The summed E-state index contributed by atoms with van der Waals surface area (Å²) in [7, 11) is 0. The van der Waals surface area contributed by atoms with Crippen molar-refractivity contribution < 1.29 is 32.2 Å². The van der Waals surface area contributed by atoms with Crippen molar-refractivity contribution in [1.29, 1.82) is 0 Å². The van der Waals surface area contributed by atoms with Gasteiger partial charge in [0, 0.05) is 0 Å². The van der Waals surface area contributed by atoms with E-state index in [1.807, 2.05) is 0 Å². The highest BCUT2D eigenvalue weighted by molar-refractivity contribution is 5.86. The summed E-state index contributed by atoms with van der Waals surface area (Å²) in [5, 5.41) is 0.163. The number of amides is 1.